The minimum absolute atomic E-state index is 0.262. The highest BCUT2D eigenvalue weighted by molar-refractivity contribution is 5.60. The number of ether oxygens (including phenoxy) is 1. The van der Waals surface area contributed by atoms with Crippen molar-refractivity contribution in [3.8, 4) is 11.5 Å². The summed E-state index contributed by atoms with van der Waals surface area (Å²) in [5.74, 6) is 2.09. The van der Waals surface area contributed by atoms with E-state index in [-0.39, 0.29) is 6.61 Å². The lowest BCUT2D eigenvalue weighted by Gasteiger charge is -2.21. The highest BCUT2D eigenvalue weighted by Gasteiger charge is 2.24. The normalized spacial score (nSPS) is 18.2. The molecule has 1 saturated heterocycles. The monoisotopic (exact) mass is 269 g/mol. The first-order chi connectivity index (χ1) is 9.86. The molecule has 0 aromatic heterocycles. The van der Waals surface area contributed by atoms with Gasteiger partial charge in [-0.15, -0.1) is 0 Å². The number of hydrogen-bond acceptors (Lipinski definition) is 3. The van der Waals surface area contributed by atoms with Gasteiger partial charge in [-0.25, -0.2) is 0 Å². The Labute approximate surface area is 119 Å². The van der Waals surface area contributed by atoms with Crippen LogP contribution in [0.25, 0.3) is 0 Å². The molecule has 0 radical (unpaired) electrons. The van der Waals surface area contributed by atoms with Crippen LogP contribution in [-0.4, -0.2) is 24.8 Å². The van der Waals surface area contributed by atoms with Gasteiger partial charge < -0.3 is 14.7 Å². The summed E-state index contributed by atoms with van der Waals surface area (Å²) in [6.45, 7) is 2.13. The fraction of sp³-hybridized carbons (Fsp3) is 0.294. The van der Waals surface area contributed by atoms with E-state index in [1.165, 1.54) is 0 Å². The molecule has 1 aliphatic heterocycles. The third-order valence-electron chi connectivity index (χ3n) is 3.72. The zero-order valence-electron chi connectivity index (χ0n) is 11.4. The molecule has 0 aliphatic carbocycles. The van der Waals surface area contributed by atoms with Crippen LogP contribution in [-0.2, 0) is 0 Å². The summed E-state index contributed by atoms with van der Waals surface area (Å²) in [6.07, 6.45) is 1.04. The Balaban J connectivity index is 1.82. The smallest absolute Gasteiger partial charge is 0.150 e. The quantitative estimate of drug-likeness (QED) is 0.924. The third kappa shape index (κ3) is 2.78. The Morgan fingerprint density at radius 2 is 1.80 bits per heavy atom. The van der Waals surface area contributed by atoms with Gasteiger partial charge in [0.2, 0.25) is 0 Å². The summed E-state index contributed by atoms with van der Waals surface area (Å²) in [5, 5.41) is 9.28. The fourth-order valence-electron chi connectivity index (χ4n) is 2.62. The van der Waals surface area contributed by atoms with Gasteiger partial charge in [0.05, 0.1) is 5.69 Å². The summed E-state index contributed by atoms with van der Waals surface area (Å²) < 4.78 is 5.99. The Bertz CT molecular complexity index is 556. The maximum atomic E-state index is 9.28. The first-order valence-corrected chi connectivity index (χ1v) is 7.04. The third-order valence-corrected chi connectivity index (χ3v) is 3.72. The van der Waals surface area contributed by atoms with Crippen LogP contribution < -0.4 is 9.64 Å². The molecule has 0 saturated carbocycles. The predicted molar refractivity (Wildman–Crippen MR) is 80.4 cm³/mol. The van der Waals surface area contributed by atoms with Crippen molar-refractivity contribution in [2.75, 3.05) is 24.6 Å². The van der Waals surface area contributed by atoms with Gasteiger partial charge in [0.15, 0.2) is 5.75 Å². The molecule has 2 aromatic rings. The molecule has 104 valence electrons. The minimum atomic E-state index is 0.262. The number of anilines is 1. The van der Waals surface area contributed by atoms with Crippen molar-refractivity contribution in [2.45, 2.75) is 6.42 Å². The zero-order chi connectivity index (χ0) is 13.8. The van der Waals surface area contributed by atoms with Gasteiger partial charge in [0, 0.05) is 25.6 Å². The molecule has 0 spiro atoms. The van der Waals surface area contributed by atoms with Crippen LogP contribution in [0.5, 0.6) is 11.5 Å². The van der Waals surface area contributed by atoms with Crippen LogP contribution in [0.4, 0.5) is 5.69 Å². The van der Waals surface area contributed by atoms with Crippen molar-refractivity contribution in [1.29, 1.82) is 0 Å². The molecule has 3 nitrogen and oxygen atoms in total. The fourth-order valence-corrected chi connectivity index (χ4v) is 2.62. The molecule has 2 aromatic carbocycles. The van der Waals surface area contributed by atoms with Gasteiger partial charge in [0.1, 0.15) is 5.75 Å². The maximum absolute atomic E-state index is 9.28. The molecular formula is C17H19NO2. The van der Waals surface area contributed by atoms with E-state index in [0.29, 0.717) is 5.92 Å². The average Bonchev–Trinajstić information content (AvgIpc) is 2.98. The van der Waals surface area contributed by atoms with Crippen molar-refractivity contribution < 1.29 is 9.84 Å². The molecule has 20 heavy (non-hydrogen) atoms. The predicted octanol–water partition coefficient (Wildman–Crippen LogP) is 3.30. The molecule has 3 rings (SSSR count). The van der Waals surface area contributed by atoms with Crippen LogP contribution in [0.1, 0.15) is 6.42 Å². The molecule has 1 unspecified atom stereocenters. The summed E-state index contributed by atoms with van der Waals surface area (Å²) in [4.78, 5) is 2.29. The summed E-state index contributed by atoms with van der Waals surface area (Å²) in [6, 6.07) is 17.9. The van der Waals surface area contributed by atoms with E-state index in [4.69, 9.17) is 4.74 Å². The zero-order valence-corrected chi connectivity index (χ0v) is 11.4. The molecule has 0 bridgehead atoms. The first kappa shape index (κ1) is 13.0. The second-order valence-corrected chi connectivity index (χ2v) is 5.17. The second-order valence-electron chi connectivity index (χ2n) is 5.17. The lowest BCUT2D eigenvalue weighted by Crippen LogP contribution is -2.21. The number of hydrogen-bond donors (Lipinski definition) is 1. The summed E-state index contributed by atoms with van der Waals surface area (Å²) >= 11 is 0. The highest BCUT2D eigenvalue weighted by atomic mass is 16.5. The Morgan fingerprint density at radius 3 is 2.55 bits per heavy atom. The van der Waals surface area contributed by atoms with Gasteiger partial charge >= 0.3 is 0 Å². The molecule has 1 heterocycles. The molecule has 1 N–H and O–H groups in total. The molecule has 3 heteroatoms. The Hall–Kier alpha value is -2.00. The summed E-state index contributed by atoms with van der Waals surface area (Å²) in [7, 11) is 0. The van der Waals surface area contributed by atoms with E-state index in [9.17, 15) is 5.11 Å². The number of nitrogens with zero attached hydrogens (tertiary/aromatic N) is 1. The molecule has 1 atom stereocenters. The largest absolute Gasteiger partial charge is 0.455 e. The standard InChI is InChI=1S/C17H19NO2/c19-13-14-10-11-18(12-14)16-8-4-5-9-17(16)20-15-6-2-1-3-7-15/h1-9,14,19H,10-13H2. The Morgan fingerprint density at radius 1 is 1.05 bits per heavy atom. The number of para-hydroxylation sites is 3. The van der Waals surface area contributed by atoms with E-state index in [1.54, 1.807) is 0 Å². The minimum Gasteiger partial charge on any atom is -0.455 e. The van der Waals surface area contributed by atoms with E-state index in [2.05, 4.69) is 11.0 Å². The average molecular weight is 269 g/mol. The van der Waals surface area contributed by atoms with Gasteiger partial charge in [-0.3, -0.25) is 0 Å². The van der Waals surface area contributed by atoms with Gasteiger partial charge in [0.25, 0.3) is 0 Å². The van der Waals surface area contributed by atoms with Crippen molar-refractivity contribution in [2.24, 2.45) is 5.92 Å². The highest BCUT2D eigenvalue weighted by Crippen LogP contribution is 2.34. The molecule has 1 fully saturated rings. The van der Waals surface area contributed by atoms with Crippen molar-refractivity contribution >= 4 is 5.69 Å². The molecular weight excluding hydrogens is 250 g/mol. The van der Waals surface area contributed by atoms with Crippen molar-refractivity contribution in [3.05, 3.63) is 54.6 Å². The maximum Gasteiger partial charge on any atom is 0.150 e. The van der Waals surface area contributed by atoms with E-state index in [0.717, 1.165) is 36.7 Å². The van der Waals surface area contributed by atoms with E-state index < -0.39 is 0 Å². The lowest BCUT2D eigenvalue weighted by molar-refractivity contribution is 0.238. The van der Waals surface area contributed by atoms with Crippen molar-refractivity contribution in [1.82, 2.24) is 0 Å². The number of aliphatic hydroxyl groups is 1. The van der Waals surface area contributed by atoms with Crippen LogP contribution in [0.3, 0.4) is 0 Å². The summed E-state index contributed by atoms with van der Waals surface area (Å²) in [5.41, 5.74) is 1.10. The number of aliphatic hydroxyl groups excluding tert-OH is 1. The molecule has 1 aliphatic rings. The van der Waals surface area contributed by atoms with Crippen LogP contribution in [0.2, 0.25) is 0 Å². The van der Waals surface area contributed by atoms with Gasteiger partial charge in [-0.2, -0.15) is 0 Å². The van der Waals surface area contributed by atoms with Gasteiger partial charge in [-0.1, -0.05) is 30.3 Å². The van der Waals surface area contributed by atoms with Crippen LogP contribution >= 0.6 is 0 Å². The van der Waals surface area contributed by atoms with E-state index >= 15 is 0 Å². The van der Waals surface area contributed by atoms with Crippen LogP contribution in [0.15, 0.2) is 54.6 Å². The molecule has 0 amide bonds. The Kier molecular flexibility index (Phi) is 3.88. The van der Waals surface area contributed by atoms with Crippen molar-refractivity contribution in [3.63, 3.8) is 0 Å². The van der Waals surface area contributed by atoms with Gasteiger partial charge in [-0.05, 0) is 30.7 Å². The second kappa shape index (κ2) is 5.97. The van der Waals surface area contributed by atoms with E-state index in [1.807, 2.05) is 48.5 Å². The number of benzene rings is 2. The SMILES string of the molecule is OCC1CCN(c2ccccc2Oc2ccccc2)C1. The number of rotatable bonds is 4. The topological polar surface area (TPSA) is 32.7 Å². The lowest BCUT2D eigenvalue weighted by atomic mass is 10.1. The van der Waals surface area contributed by atoms with Crippen LogP contribution in [0, 0.1) is 5.92 Å². The first-order valence-electron chi connectivity index (χ1n) is 7.04.